The quantitative estimate of drug-likeness (QED) is 0.866. The van der Waals surface area contributed by atoms with Crippen LogP contribution in [0.4, 0.5) is 0 Å². The predicted molar refractivity (Wildman–Crippen MR) is 70.8 cm³/mol. The van der Waals surface area contributed by atoms with E-state index in [1.807, 2.05) is 19.4 Å². The van der Waals surface area contributed by atoms with Gasteiger partial charge in [0, 0.05) is 30.5 Å². The van der Waals surface area contributed by atoms with Crippen LogP contribution in [0, 0.1) is 6.92 Å². The second kappa shape index (κ2) is 6.08. The zero-order chi connectivity index (χ0) is 13.0. The fraction of sp³-hybridized carbons (Fsp3) is 0.500. The number of aryl methyl sites for hydroxylation is 1. The fourth-order valence-electron chi connectivity index (χ4n) is 1.69. The van der Waals surface area contributed by atoms with Crippen molar-refractivity contribution in [2.24, 2.45) is 0 Å². The Bertz CT molecular complexity index is 495. The lowest BCUT2D eigenvalue weighted by molar-refractivity contribution is 0.165. The molecule has 0 aliphatic heterocycles. The van der Waals surface area contributed by atoms with Crippen LogP contribution in [-0.2, 0) is 11.2 Å². The SMILES string of the molecule is CNC(COC)Cc1nc(-c2cscc2C)no1. The molecule has 0 spiro atoms. The maximum absolute atomic E-state index is 5.27. The molecule has 1 unspecified atom stereocenters. The minimum absolute atomic E-state index is 0.187. The molecule has 0 amide bonds. The third-order valence-corrected chi connectivity index (χ3v) is 3.62. The van der Waals surface area contributed by atoms with Crippen LogP contribution < -0.4 is 5.32 Å². The predicted octanol–water partition coefficient (Wildman–Crippen LogP) is 1.88. The zero-order valence-electron chi connectivity index (χ0n) is 10.8. The van der Waals surface area contributed by atoms with E-state index >= 15 is 0 Å². The maximum Gasteiger partial charge on any atom is 0.228 e. The lowest BCUT2D eigenvalue weighted by Crippen LogP contribution is -2.32. The molecule has 0 bridgehead atoms. The van der Waals surface area contributed by atoms with E-state index in [0.29, 0.717) is 24.7 Å². The number of ether oxygens (including phenoxy) is 1. The van der Waals surface area contributed by atoms with Crippen molar-refractivity contribution in [3.05, 3.63) is 22.2 Å². The van der Waals surface area contributed by atoms with Crippen LogP contribution in [0.1, 0.15) is 11.5 Å². The normalized spacial score (nSPS) is 12.8. The largest absolute Gasteiger partial charge is 0.383 e. The molecule has 0 radical (unpaired) electrons. The number of thiophene rings is 1. The van der Waals surface area contributed by atoms with E-state index in [0.717, 1.165) is 5.56 Å². The Labute approximate surface area is 110 Å². The number of rotatable bonds is 6. The standard InChI is InChI=1S/C12H17N3O2S/c1-8-6-18-7-10(8)12-14-11(17-15-12)4-9(13-2)5-16-3/h6-7,9,13H,4-5H2,1-3H3. The van der Waals surface area contributed by atoms with Gasteiger partial charge in [-0.3, -0.25) is 0 Å². The molecule has 1 atom stereocenters. The van der Waals surface area contributed by atoms with Crippen LogP contribution in [0.3, 0.4) is 0 Å². The number of methoxy groups -OCH3 is 1. The van der Waals surface area contributed by atoms with Crippen LogP contribution in [0.25, 0.3) is 11.4 Å². The fourth-order valence-corrected chi connectivity index (χ4v) is 2.52. The van der Waals surface area contributed by atoms with E-state index in [-0.39, 0.29) is 6.04 Å². The first-order valence-corrected chi connectivity index (χ1v) is 6.70. The molecule has 2 aromatic rings. The highest BCUT2D eigenvalue weighted by Crippen LogP contribution is 2.24. The molecule has 0 aromatic carbocycles. The minimum Gasteiger partial charge on any atom is -0.383 e. The van der Waals surface area contributed by atoms with Crippen molar-refractivity contribution in [3.8, 4) is 11.4 Å². The second-order valence-electron chi connectivity index (χ2n) is 4.13. The summed E-state index contributed by atoms with van der Waals surface area (Å²) in [6.45, 7) is 2.66. The Kier molecular flexibility index (Phi) is 4.46. The van der Waals surface area contributed by atoms with Gasteiger partial charge in [-0.05, 0) is 24.9 Å². The highest BCUT2D eigenvalue weighted by Gasteiger charge is 2.15. The topological polar surface area (TPSA) is 60.2 Å². The van der Waals surface area contributed by atoms with Gasteiger partial charge in [-0.2, -0.15) is 16.3 Å². The molecular weight excluding hydrogens is 250 g/mol. The summed E-state index contributed by atoms with van der Waals surface area (Å²) in [6, 6.07) is 0.187. The lowest BCUT2D eigenvalue weighted by atomic mass is 10.2. The third-order valence-electron chi connectivity index (χ3n) is 2.76. The zero-order valence-corrected chi connectivity index (χ0v) is 11.6. The summed E-state index contributed by atoms with van der Waals surface area (Å²) in [5.41, 5.74) is 2.22. The number of hydrogen-bond acceptors (Lipinski definition) is 6. The van der Waals surface area contributed by atoms with Gasteiger partial charge < -0.3 is 14.6 Å². The van der Waals surface area contributed by atoms with Crippen molar-refractivity contribution in [1.29, 1.82) is 0 Å². The number of nitrogens with zero attached hydrogens (tertiary/aromatic N) is 2. The van der Waals surface area contributed by atoms with Crippen molar-refractivity contribution < 1.29 is 9.26 Å². The van der Waals surface area contributed by atoms with Gasteiger partial charge in [0.2, 0.25) is 11.7 Å². The molecule has 2 rings (SSSR count). The van der Waals surface area contributed by atoms with Crippen molar-refractivity contribution in [1.82, 2.24) is 15.5 Å². The third kappa shape index (κ3) is 2.95. The number of likely N-dealkylation sites (N-methyl/N-ethyl adjacent to an activating group) is 1. The summed E-state index contributed by atoms with van der Waals surface area (Å²) in [7, 11) is 3.57. The second-order valence-corrected chi connectivity index (χ2v) is 4.87. The number of nitrogens with one attached hydrogen (secondary N) is 1. The van der Waals surface area contributed by atoms with Crippen molar-refractivity contribution in [3.63, 3.8) is 0 Å². The van der Waals surface area contributed by atoms with Gasteiger partial charge >= 0.3 is 0 Å². The van der Waals surface area contributed by atoms with Crippen LogP contribution in [0.15, 0.2) is 15.3 Å². The Morgan fingerprint density at radius 1 is 1.50 bits per heavy atom. The summed E-state index contributed by atoms with van der Waals surface area (Å²) in [5.74, 6) is 1.29. The number of hydrogen-bond donors (Lipinski definition) is 1. The summed E-state index contributed by atoms with van der Waals surface area (Å²) < 4.78 is 10.4. The Hall–Kier alpha value is -1.24. The smallest absolute Gasteiger partial charge is 0.228 e. The highest BCUT2D eigenvalue weighted by atomic mass is 32.1. The molecule has 2 aromatic heterocycles. The van der Waals surface area contributed by atoms with E-state index in [2.05, 4.69) is 20.8 Å². The maximum atomic E-state index is 5.27. The van der Waals surface area contributed by atoms with Gasteiger partial charge in [0.05, 0.1) is 6.61 Å². The van der Waals surface area contributed by atoms with Crippen LogP contribution >= 0.6 is 11.3 Å². The molecule has 0 aliphatic rings. The minimum atomic E-state index is 0.187. The highest BCUT2D eigenvalue weighted by molar-refractivity contribution is 7.08. The Morgan fingerprint density at radius 2 is 2.33 bits per heavy atom. The van der Waals surface area contributed by atoms with Gasteiger partial charge in [-0.25, -0.2) is 0 Å². The van der Waals surface area contributed by atoms with E-state index < -0.39 is 0 Å². The molecule has 0 saturated carbocycles. The first kappa shape index (κ1) is 13.2. The van der Waals surface area contributed by atoms with Gasteiger partial charge in [-0.15, -0.1) is 0 Å². The van der Waals surface area contributed by atoms with Gasteiger partial charge in [-0.1, -0.05) is 5.16 Å². The number of aromatic nitrogens is 2. The molecule has 98 valence electrons. The Morgan fingerprint density at radius 3 is 2.94 bits per heavy atom. The van der Waals surface area contributed by atoms with Gasteiger partial charge in [0.1, 0.15) is 0 Å². The van der Waals surface area contributed by atoms with Gasteiger partial charge in [0.15, 0.2) is 0 Å². The molecule has 5 nitrogen and oxygen atoms in total. The summed E-state index contributed by atoms with van der Waals surface area (Å²) >= 11 is 1.64. The van der Waals surface area contributed by atoms with Crippen LogP contribution in [0.2, 0.25) is 0 Å². The van der Waals surface area contributed by atoms with Crippen molar-refractivity contribution >= 4 is 11.3 Å². The molecular formula is C12H17N3O2S. The summed E-state index contributed by atoms with van der Waals surface area (Å²) in [5, 5.41) is 11.3. The van der Waals surface area contributed by atoms with Crippen LogP contribution in [0.5, 0.6) is 0 Å². The van der Waals surface area contributed by atoms with E-state index in [1.54, 1.807) is 18.4 Å². The van der Waals surface area contributed by atoms with Gasteiger partial charge in [0.25, 0.3) is 0 Å². The van der Waals surface area contributed by atoms with Crippen molar-refractivity contribution in [2.45, 2.75) is 19.4 Å². The van der Waals surface area contributed by atoms with Crippen molar-refractivity contribution in [2.75, 3.05) is 20.8 Å². The molecule has 1 N–H and O–H groups in total. The first-order valence-electron chi connectivity index (χ1n) is 5.76. The summed E-state index contributed by atoms with van der Waals surface area (Å²) in [4.78, 5) is 4.42. The summed E-state index contributed by atoms with van der Waals surface area (Å²) in [6.07, 6.45) is 0.667. The monoisotopic (exact) mass is 267 g/mol. The lowest BCUT2D eigenvalue weighted by Gasteiger charge is -2.11. The van der Waals surface area contributed by atoms with Crippen LogP contribution in [-0.4, -0.2) is 36.9 Å². The molecule has 6 heteroatoms. The molecule has 18 heavy (non-hydrogen) atoms. The average Bonchev–Trinajstić information content (AvgIpc) is 2.97. The average molecular weight is 267 g/mol. The van der Waals surface area contributed by atoms with E-state index in [1.165, 1.54) is 5.56 Å². The van der Waals surface area contributed by atoms with E-state index in [4.69, 9.17) is 9.26 Å². The first-order chi connectivity index (χ1) is 8.74. The molecule has 2 heterocycles. The molecule has 0 aliphatic carbocycles. The molecule has 0 fully saturated rings. The Balaban J connectivity index is 2.09. The van der Waals surface area contributed by atoms with E-state index in [9.17, 15) is 0 Å². The molecule has 0 saturated heterocycles.